The average Bonchev–Trinajstić information content (AvgIpc) is 2.07. The van der Waals surface area contributed by atoms with Gasteiger partial charge in [-0.1, -0.05) is 0 Å². The molecule has 1 aliphatic heterocycles. The smallest absolute Gasteiger partial charge is 0.139 e. The maximum atomic E-state index is 9.71. The van der Waals surface area contributed by atoms with Gasteiger partial charge < -0.3 is 9.84 Å². The van der Waals surface area contributed by atoms with Crippen LogP contribution in [0, 0.1) is 6.92 Å². The fraction of sp³-hybridized carbons (Fsp3) is 0.400. The number of aliphatic hydroxyl groups is 1. The van der Waals surface area contributed by atoms with Crippen molar-refractivity contribution in [3.05, 3.63) is 27.7 Å². The lowest BCUT2D eigenvalue weighted by molar-refractivity contribution is 0.114. The first kappa shape index (κ1) is 9.03. The number of hydrogen-bond donors (Lipinski definition) is 1. The van der Waals surface area contributed by atoms with E-state index in [0.29, 0.717) is 13.0 Å². The molecular weight excluding hydrogens is 232 g/mol. The lowest BCUT2D eigenvalue weighted by atomic mass is 10.0. The van der Waals surface area contributed by atoms with Gasteiger partial charge in [-0.2, -0.15) is 0 Å². The van der Waals surface area contributed by atoms with Crippen LogP contribution < -0.4 is 4.74 Å². The summed E-state index contributed by atoms with van der Waals surface area (Å²) in [7, 11) is 0. The molecule has 1 aromatic carbocycles. The average molecular weight is 243 g/mol. The molecule has 0 saturated carbocycles. The topological polar surface area (TPSA) is 29.5 Å². The van der Waals surface area contributed by atoms with Gasteiger partial charge in [0.1, 0.15) is 5.75 Å². The standard InChI is InChI=1S/C10H11BrO2/c1-6-4-7-9(12)2-3-13-10(7)8(11)5-6/h4-5,9,12H,2-3H2,1H3/t9-/m1/s1. The van der Waals surface area contributed by atoms with Gasteiger partial charge >= 0.3 is 0 Å². The summed E-state index contributed by atoms with van der Waals surface area (Å²) >= 11 is 3.42. The molecule has 1 aromatic rings. The number of aryl methyl sites for hydroxylation is 1. The summed E-state index contributed by atoms with van der Waals surface area (Å²) in [5.74, 6) is 0.796. The number of rotatable bonds is 0. The van der Waals surface area contributed by atoms with E-state index >= 15 is 0 Å². The molecule has 0 unspecified atom stereocenters. The number of fused-ring (bicyclic) bond motifs is 1. The molecule has 70 valence electrons. The van der Waals surface area contributed by atoms with Gasteiger partial charge in [-0.15, -0.1) is 0 Å². The third kappa shape index (κ3) is 1.58. The largest absolute Gasteiger partial charge is 0.492 e. The summed E-state index contributed by atoms with van der Waals surface area (Å²) in [6, 6.07) is 3.97. The quantitative estimate of drug-likeness (QED) is 0.758. The zero-order chi connectivity index (χ0) is 9.42. The Hall–Kier alpha value is -0.540. The molecule has 0 fully saturated rings. The van der Waals surface area contributed by atoms with Crippen LogP contribution in [-0.4, -0.2) is 11.7 Å². The molecule has 0 spiro atoms. The Morgan fingerprint density at radius 2 is 2.31 bits per heavy atom. The minimum Gasteiger partial charge on any atom is -0.492 e. The third-order valence-electron chi connectivity index (χ3n) is 2.21. The molecule has 2 rings (SSSR count). The molecule has 1 heterocycles. The van der Waals surface area contributed by atoms with Crippen LogP contribution in [0.2, 0.25) is 0 Å². The highest BCUT2D eigenvalue weighted by Crippen LogP contribution is 2.38. The lowest BCUT2D eigenvalue weighted by Crippen LogP contribution is -2.14. The van der Waals surface area contributed by atoms with Crippen molar-refractivity contribution < 1.29 is 9.84 Å². The first-order valence-electron chi connectivity index (χ1n) is 4.29. The fourth-order valence-corrected chi connectivity index (χ4v) is 2.29. The van der Waals surface area contributed by atoms with Crippen LogP contribution in [0.15, 0.2) is 16.6 Å². The van der Waals surface area contributed by atoms with Crippen molar-refractivity contribution in [1.82, 2.24) is 0 Å². The van der Waals surface area contributed by atoms with Crippen molar-refractivity contribution >= 4 is 15.9 Å². The van der Waals surface area contributed by atoms with E-state index < -0.39 is 0 Å². The van der Waals surface area contributed by atoms with E-state index in [1.807, 2.05) is 19.1 Å². The van der Waals surface area contributed by atoms with Gasteiger partial charge in [-0.25, -0.2) is 0 Å². The highest BCUT2D eigenvalue weighted by atomic mass is 79.9. The number of ether oxygens (including phenoxy) is 1. The van der Waals surface area contributed by atoms with Crippen LogP contribution in [-0.2, 0) is 0 Å². The molecule has 2 nitrogen and oxygen atoms in total. The van der Waals surface area contributed by atoms with E-state index in [1.165, 1.54) is 0 Å². The molecule has 0 aromatic heterocycles. The number of aliphatic hydroxyl groups excluding tert-OH is 1. The van der Waals surface area contributed by atoms with Crippen LogP contribution in [0.25, 0.3) is 0 Å². The zero-order valence-corrected chi connectivity index (χ0v) is 8.97. The van der Waals surface area contributed by atoms with Gasteiger partial charge in [-0.05, 0) is 40.5 Å². The molecule has 0 radical (unpaired) electrons. The first-order valence-corrected chi connectivity index (χ1v) is 5.08. The Balaban J connectivity index is 2.56. The number of halogens is 1. The second kappa shape index (κ2) is 3.31. The zero-order valence-electron chi connectivity index (χ0n) is 7.38. The summed E-state index contributed by atoms with van der Waals surface area (Å²) in [5.41, 5.74) is 2.04. The summed E-state index contributed by atoms with van der Waals surface area (Å²) < 4.78 is 6.40. The van der Waals surface area contributed by atoms with Crippen molar-refractivity contribution in [2.45, 2.75) is 19.4 Å². The molecule has 1 N–H and O–H groups in total. The second-order valence-corrected chi connectivity index (χ2v) is 4.17. The van der Waals surface area contributed by atoms with Crippen molar-refractivity contribution in [2.75, 3.05) is 6.61 Å². The van der Waals surface area contributed by atoms with Crippen LogP contribution in [0.1, 0.15) is 23.7 Å². The predicted octanol–water partition coefficient (Wildman–Crippen LogP) is 2.57. The molecule has 1 atom stereocenters. The Morgan fingerprint density at radius 1 is 1.54 bits per heavy atom. The van der Waals surface area contributed by atoms with Crippen molar-refractivity contribution in [2.24, 2.45) is 0 Å². The Bertz CT molecular complexity index is 336. The second-order valence-electron chi connectivity index (χ2n) is 3.32. The monoisotopic (exact) mass is 242 g/mol. The van der Waals surface area contributed by atoms with Gasteiger partial charge in [0, 0.05) is 12.0 Å². The van der Waals surface area contributed by atoms with Gasteiger partial charge in [0.25, 0.3) is 0 Å². The summed E-state index contributed by atoms with van der Waals surface area (Å²) in [6.07, 6.45) is 0.308. The minimum absolute atomic E-state index is 0.375. The molecule has 0 amide bonds. The predicted molar refractivity (Wildman–Crippen MR) is 54.0 cm³/mol. The summed E-state index contributed by atoms with van der Waals surface area (Å²) in [4.78, 5) is 0. The third-order valence-corrected chi connectivity index (χ3v) is 2.80. The molecule has 0 aliphatic carbocycles. The normalized spacial score (nSPS) is 20.7. The maximum Gasteiger partial charge on any atom is 0.139 e. The molecular formula is C10H11BrO2. The lowest BCUT2D eigenvalue weighted by Gasteiger charge is -2.23. The first-order chi connectivity index (χ1) is 6.18. The highest BCUT2D eigenvalue weighted by molar-refractivity contribution is 9.10. The summed E-state index contributed by atoms with van der Waals surface area (Å²) in [6.45, 7) is 2.60. The Morgan fingerprint density at radius 3 is 3.08 bits per heavy atom. The fourth-order valence-electron chi connectivity index (χ4n) is 1.58. The van der Waals surface area contributed by atoms with Gasteiger partial charge in [0.05, 0.1) is 17.2 Å². The van der Waals surface area contributed by atoms with Crippen LogP contribution in [0.3, 0.4) is 0 Å². The van der Waals surface area contributed by atoms with Gasteiger partial charge in [-0.3, -0.25) is 0 Å². The van der Waals surface area contributed by atoms with E-state index in [2.05, 4.69) is 15.9 Å². The van der Waals surface area contributed by atoms with Crippen LogP contribution in [0.5, 0.6) is 5.75 Å². The molecule has 1 aliphatic rings. The Labute approximate surface area is 85.7 Å². The van der Waals surface area contributed by atoms with E-state index in [-0.39, 0.29) is 6.10 Å². The maximum absolute atomic E-state index is 9.71. The number of benzene rings is 1. The van der Waals surface area contributed by atoms with E-state index in [1.54, 1.807) is 0 Å². The van der Waals surface area contributed by atoms with E-state index in [9.17, 15) is 5.11 Å². The van der Waals surface area contributed by atoms with E-state index in [4.69, 9.17) is 4.74 Å². The summed E-state index contributed by atoms with van der Waals surface area (Å²) in [5, 5.41) is 9.71. The van der Waals surface area contributed by atoms with Crippen LogP contribution in [0.4, 0.5) is 0 Å². The van der Waals surface area contributed by atoms with Crippen molar-refractivity contribution in [1.29, 1.82) is 0 Å². The molecule has 13 heavy (non-hydrogen) atoms. The van der Waals surface area contributed by atoms with E-state index in [0.717, 1.165) is 21.3 Å². The molecule has 3 heteroatoms. The number of hydrogen-bond acceptors (Lipinski definition) is 2. The van der Waals surface area contributed by atoms with Crippen molar-refractivity contribution in [3.8, 4) is 5.75 Å². The minimum atomic E-state index is -0.375. The SMILES string of the molecule is Cc1cc(Br)c2c(c1)[C@H](O)CCO2. The van der Waals surface area contributed by atoms with Crippen molar-refractivity contribution in [3.63, 3.8) is 0 Å². The Kier molecular flexibility index (Phi) is 2.30. The van der Waals surface area contributed by atoms with Gasteiger partial charge in [0.15, 0.2) is 0 Å². The molecule has 0 saturated heterocycles. The van der Waals surface area contributed by atoms with Gasteiger partial charge in [0.2, 0.25) is 0 Å². The molecule has 0 bridgehead atoms. The van der Waals surface area contributed by atoms with Crippen LogP contribution >= 0.6 is 15.9 Å². The highest BCUT2D eigenvalue weighted by Gasteiger charge is 2.21.